The number of piperidine rings is 1. The largest absolute Gasteiger partial charge is 0.481 e. The number of esters is 1. The van der Waals surface area contributed by atoms with Crippen molar-refractivity contribution in [2.75, 3.05) is 26.7 Å². The van der Waals surface area contributed by atoms with Crippen LogP contribution in [0, 0.1) is 11.8 Å². The van der Waals surface area contributed by atoms with E-state index in [0.29, 0.717) is 26.1 Å². The fourth-order valence-corrected chi connectivity index (χ4v) is 5.02. The van der Waals surface area contributed by atoms with E-state index in [1.165, 1.54) is 12.7 Å². The van der Waals surface area contributed by atoms with Gasteiger partial charge in [0.15, 0.2) is 0 Å². The minimum atomic E-state index is -0.985. The summed E-state index contributed by atoms with van der Waals surface area (Å²) in [5, 5.41) is 10.0. The normalized spacial score (nSPS) is 27.2. The first-order valence-electron chi connectivity index (χ1n) is 11.0. The van der Waals surface area contributed by atoms with Crippen molar-refractivity contribution in [1.82, 2.24) is 9.80 Å². The van der Waals surface area contributed by atoms with E-state index in [0.717, 1.165) is 6.42 Å². The van der Waals surface area contributed by atoms with Gasteiger partial charge in [-0.2, -0.15) is 0 Å². The zero-order valence-corrected chi connectivity index (χ0v) is 18.9. The molecule has 7 heteroatoms. The highest BCUT2D eigenvalue weighted by Crippen LogP contribution is 2.37. The van der Waals surface area contributed by atoms with Crippen LogP contribution in [0.3, 0.4) is 0 Å². The fourth-order valence-electron chi connectivity index (χ4n) is 5.02. The number of rotatable bonds is 5. The molecule has 1 N–H and O–H groups in total. The van der Waals surface area contributed by atoms with Crippen molar-refractivity contribution in [3.63, 3.8) is 0 Å². The summed E-state index contributed by atoms with van der Waals surface area (Å²) in [7, 11) is 1.34. The Bertz CT molecular complexity index is 804. The Morgan fingerprint density at radius 2 is 1.81 bits per heavy atom. The van der Waals surface area contributed by atoms with Gasteiger partial charge in [0.25, 0.3) is 0 Å². The van der Waals surface area contributed by atoms with Crippen molar-refractivity contribution in [2.24, 2.45) is 11.8 Å². The van der Waals surface area contributed by atoms with Gasteiger partial charge >= 0.3 is 11.9 Å². The molecule has 7 nitrogen and oxygen atoms in total. The van der Waals surface area contributed by atoms with E-state index in [2.05, 4.69) is 12.1 Å². The van der Waals surface area contributed by atoms with Crippen molar-refractivity contribution in [3.05, 3.63) is 35.9 Å². The maximum absolute atomic E-state index is 13.7. The highest BCUT2D eigenvalue weighted by atomic mass is 16.5. The molecule has 31 heavy (non-hydrogen) atoms. The number of carboxylic acid groups (broad SMARTS) is 1. The molecule has 4 atom stereocenters. The van der Waals surface area contributed by atoms with E-state index in [4.69, 9.17) is 4.74 Å². The van der Waals surface area contributed by atoms with Crippen LogP contribution < -0.4 is 0 Å². The first-order valence-corrected chi connectivity index (χ1v) is 11.0. The number of amides is 1. The molecule has 2 saturated heterocycles. The lowest BCUT2D eigenvalue weighted by Crippen LogP contribution is -2.63. The van der Waals surface area contributed by atoms with Crippen molar-refractivity contribution < 1.29 is 24.2 Å². The SMILES string of the molecule is COC(=O)CC1C[C@H](C(=O)O)[C@@H](C(=O)N2CCC(c3ccccc3)C2)N(C(C)(C)C)C1. The van der Waals surface area contributed by atoms with Gasteiger partial charge in [-0.05, 0) is 45.1 Å². The summed E-state index contributed by atoms with van der Waals surface area (Å²) >= 11 is 0. The summed E-state index contributed by atoms with van der Waals surface area (Å²) in [4.78, 5) is 41.6. The number of carbonyl (C=O) groups is 3. The molecule has 1 aromatic rings. The Kier molecular flexibility index (Phi) is 7.04. The molecule has 3 rings (SSSR count). The molecule has 1 aromatic carbocycles. The predicted octanol–water partition coefficient (Wildman–Crippen LogP) is 2.76. The number of carboxylic acids is 1. The van der Waals surface area contributed by atoms with Gasteiger partial charge in [-0.25, -0.2) is 0 Å². The molecule has 0 bridgehead atoms. The van der Waals surface area contributed by atoms with Crippen LogP contribution in [-0.4, -0.2) is 71.1 Å². The molecular weight excluding hydrogens is 396 g/mol. The Morgan fingerprint density at radius 3 is 2.39 bits per heavy atom. The smallest absolute Gasteiger partial charge is 0.308 e. The molecular formula is C24H34N2O5. The highest BCUT2D eigenvalue weighted by Gasteiger charge is 2.49. The zero-order valence-electron chi connectivity index (χ0n) is 18.9. The Hall–Kier alpha value is -2.41. The number of carbonyl (C=O) groups excluding carboxylic acids is 2. The van der Waals surface area contributed by atoms with Gasteiger partial charge in [0, 0.05) is 37.5 Å². The van der Waals surface area contributed by atoms with Crippen LogP contribution >= 0.6 is 0 Å². The summed E-state index contributed by atoms with van der Waals surface area (Å²) in [6, 6.07) is 9.42. The molecule has 2 heterocycles. The topological polar surface area (TPSA) is 87.2 Å². The summed E-state index contributed by atoms with van der Waals surface area (Å²) < 4.78 is 4.80. The fraction of sp³-hybridized carbons (Fsp3) is 0.625. The lowest BCUT2D eigenvalue weighted by molar-refractivity contribution is -0.161. The van der Waals surface area contributed by atoms with Gasteiger partial charge < -0.3 is 14.7 Å². The second-order valence-corrected chi connectivity index (χ2v) is 9.78. The Balaban J connectivity index is 1.83. The summed E-state index contributed by atoms with van der Waals surface area (Å²) in [5.41, 5.74) is 0.795. The second kappa shape index (κ2) is 9.39. The van der Waals surface area contributed by atoms with E-state index in [-0.39, 0.29) is 30.1 Å². The molecule has 2 aliphatic rings. The second-order valence-electron chi connectivity index (χ2n) is 9.78. The predicted molar refractivity (Wildman–Crippen MR) is 116 cm³/mol. The molecule has 0 aromatic heterocycles. The minimum Gasteiger partial charge on any atom is -0.481 e. The van der Waals surface area contributed by atoms with E-state index < -0.39 is 23.5 Å². The maximum atomic E-state index is 13.7. The molecule has 2 aliphatic heterocycles. The Morgan fingerprint density at radius 1 is 1.13 bits per heavy atom. The van der Waals surface area contributed by atoms with Crippen LogP contribution in [0.1, 0.15) is 51.5 Å². The lowest BCUT2D eigenvalue weighted by Gasteiger charge is -2.49. The number of hydrogen-bond acceptors (Lipinski definition) is 5. The van der Waals surface area contributed by atoms with Crippen LogP contribution in [0.4, 0.5) is 0 Å². The number of likely N-dealkylation sites (tertiary alicyclic amines) is 2. The van der Waals surface area contributed by atoms with Crippen LogP contribution in [0.2, 0.25) is 0 Å². The number of benzene rings is 1. The average molecular weight is 431 g/mol. The van der Waals surface area contributed by atoms with Crippen molar-refractivity contribution in [1.29, 1.82) is 0 Å². The highest BCUT2D eigenvalue weighted by molar-refractivity contribution is 5.88. The monoisotopic (exact) mass is 430 g/mol. The Labute approximate surface area is 184 Å². The van der Waals surface area contributed by atoms with Crippen LogP contribution in [0.15, 0.2) is 30.3 Å². The molecule has 2 fully saturated rings. The van der Waals surface area contributed by atoms with Gasteiger partial charge in [-0.1, -0.05) is 30.3 Å². The quantitative estimate of drug-likeness (QED) is 0.723. The van der Waals surface area contributed by atoms with E-state index in [1.54, 1.807) is 0 Å². The summed E-state index contributed by atoms with van der Waals surface area (Å²) in [6.45, 7) is 7.70. The molecule has 170 valence electrons. The molecule has 2 unspecified atom stereocenters. The third-order valence-electron chi connectivity index (χ3n) is 6.64. The molecule has 0 saturated carbocycles. The summed E-state index contributed by atoms with van der Waals surface area (Å²) in [5.74, 6) is -2.19. The first-order chi connectivity index (χ1) is 14.6. The number of methoxy groups -OCH3 is 1. The van der Waals surface area contributed by atoms with E-state index in [9.17, 15) is 19.5 Å². The van der Waals surface area contributed by atoms with E-state index >= 15 is 0 Å². The van der Waals surface area contributed by atoms with Gasteiger partial charge in [0.2, 0.25) is 5.91 Å². The van der Waals surface area contributed by atoms with Gasteiger partial charge in [0.05, 0.1) is 13.0 Å². The van der Waals surface area contributed by atoms with Crippen molar-refractivity contribution in [2.45, 2.75) is 57.5 Å². The summed E-state index contributed by atoms with van der Waals surface area (Å²) in [6.07, 6.45) is 1.33. The molecule has 0 radical (unpaired) electrons. The van der Waals surface area contributed by atoms with Crippen LogP contribution in [0.25, 0.3) is 0 Å². The first kappa shape index (κ1) is 23.3. The third-order valence-corrected chi connectivity index (χ3v) is 6.64. The van der Waals surface area contributed by atoms with E-state index in [1.807, 2.05) is 48.8 Å². The number of nitrogens with zero attached hydrogens (tertiary/aromatic N) is 2. The standard InChI is InChI=1S/C24H34N2O5/c1-24(2,3)26-14-16(13-20(27)31-4)12-19(23(29)30)21(26)22(28)25-11-10-18(15-25)17-8-6-5-7-9-17/h5-9,16,18-19,21H,10-15H2,1-4H3,(H,29,30)/t16?,18?,19-,21-/m0/s1. The molecule has 1 amide bonds. The van der Waals surface area contributed by atoms with Crippen molar-refractivity contribution >= 4 is 17.8 Å². The van der Waals surface area contributed by atoms with Crippen LogP contribution in [0.5, 0.6) is 0 Å². The molecule has 0 aliphatic carbocycles. The zero-order chi connectivity index (χ0) is 22.8. The average Bonchev–Trinajstić information content (AvgIpc) is 3.23. The number of hydrogen-bond donors (Lipinski definition) is 1. The van der Waals surface area contributed by atoms with Gasteiger partial charge in [-0.15, -0.1) is 0 Å². The van der Waals surface area contributed by atoms with Crippen LogP contribution in [-0.2, 0) is 19.1 Å². The lowest BCUT2D eigenvalue weighted by atomic mass is 9.78. The minimum absolute atomic E-state index is 0.114. The van der Waals surface area contributed by atoms with Gasteiger partial charge in [-0.3, -0.25) is 19.3 Å². The van der Waals surface area contributed by atoms with Crippen molar-refractivity contribution in [3.8, 4) is 0 Å². The molecule has 0 spiro atoms. The number of ether oxygens (including phenoxy) is 1. The third kappa shape index (κ3) is 5.26. The number of aliphatic carboxylic acids is 1. The maximum Gasteiger partial charge on any atom is 0.308 e. The van der Waals surface area contributed by atoms with Gasteiger partial charge in [0.1, 0.15) is 6.04 Å².